The largest absolute Gasteiger partial charge is 0.246 e. The molecule has 0 aliphatic rings. The summed E-state index contributed by atoms with van der Waals surface area (Å²) in [5, 5.41) is 4.85. The van der Waals surface area contributed by atoms with Crippen LogP contribution in [-0.4, -0.2) is 34.2 Å². The fraction of sp³-hybridized carbons (Fsp3) is 0.273. The second kappa shape index (κ2) is 6.00. The molecule has 0 aromatic heterocycles. The van der Waals surface area contributed by atoms with Crippen LogP contribution in [0.2, 0.25) is 0 Å². The van der Waals surface area contributed by atoms with Gasteiger partial charge in [0.05, 0.1) is 4.90 Å². The highest BCUT2D eigenvalue weighted by atomic mass is 32.2. The van der Waals surface area contributed by atoms with Gasteiger partial charge in [0.2, 0.25) is 20.0 Å². The summed E-state index contributed by atoms with van der Waals surface area (Å²) in [5.41, 5.74) is 0. The van der Waals surface area contributed by atoms with Gasteiger partial charge in [-0.25, -0.2) is 26.4 Å². The van der Waals surface area contributed by atoms with Crippen LogP contribution in [-0.2, 0) is 20.0 Å². The SMILES string of the molecule is C=CCN(CC)S(=O)(=O)c1ccc(S(N)(=O)=O)cc1F. The van der Waals surface area contributed by atoms with Crippen LogP contribution in [0.3, 0.4) is 0 Å². The van der Waals surface area contributed by atoms with Crippen LogP contribution in [0.4, 0.5) is 4.39 Å². The standard InChI is InChI=1S/C11H15FN2O4S2/c1-3-7-14(4-2)20(17,18)11-6-5-9(8-10(11)12)19(13,15)16/h3,5-6,8H,1,4,7H2,2H3,(H2,13,15,16). The molecule has 112 valence electrons. The quantitative estimate of drug-likeness (QED) is 0.778. The van der Waals surface area contributed by atoms with Crippen LogP contribution in [0.5, 0.6) is 0 Å². The number of hydrogen-bond acceptors (Lipinski definition) is 4. The third kappa shape index (κ3) is 3.42. The zero-order valence-corrected chi connectivity index (χ0v) is 12.4. The third-order valence-corrected chi connectivity index (χ3v) is 5.42. The first-order valence-electron chi connectivity index (χ1n) is 5.58. The van der Waals surface area contributed by atoms with Crippen molar-refractivity contribution in [2.24, 2.45) is 5.14 Å². The second-order valence-corrected chi connectivity index (χ2v) is 7.35. The fourth-order valence-corrected chi connectivity index (χ4v) is 3.54. The minimum Gasteiger partial charge on any atom is -0.225 e. The van der Waals surface area contributed by atoms with Gasteiger partial charge in [-0.1, -0.05) is 13.0 Å². The first kappa shape index (κ1) is 16.8. The number of nitrogens with two attached hydrogens (primary N) is 1. The summed E-state index contributed by atoms with van der Waals surface area (Å²) in [5.74, 6) is -1.17. The molecule has 0 saturated heterocycles. The van der Waals surface area contributed by atoms with Gasteiger partial charge in [0, 0.05) is 13.1 Å². The molecule has 0 radical (unpaired) electrons. The van der Waals surface area contributed by atoms with Gasteiger partial charge in [0.15, 0.2) is 0 Å². The zero-order valence-electron chi connectivity index (χ0n) is 10.8. The number of sulfonamides is 2. The minimum absolute atomic E-state index is 0.0230. The first-order chi connectivity index (χ1) is 9.14. The minimum atomic E-state index is -4.09. The summed E-state index contributed by atoms with van der Waals surface area (Å²) in [6.45, 7) is 5.18. The van der Waals surface area contributed by atoms with Crippen molar-refractivity contribution < 1.29 is 21.2 Å². The van der Waals surface area contributed by atoms with E-state index in [1.54, 1.807) is 6.92 Å². The zero-order chi connectivity index (χ0) is 15.6. The van der Waals surface area contributed by atoms with Crippen molar-refractivity contribution in [1.29, 1.82) is 0 Å². The highest BCUT2D eigenvalue weighted by Gasteiger charge is 2.26. The van der Waals surface area contributed by atoms with Crippen molar-refractivity contribution in [3.05, 3.63) is 36.7 Å². The summed E-state index contributed by atoms with van der Waals surface area (Å²) in [6.07, 6.45) is 1.37. The Balaban J connectivity index is 3.37. The molecule has 9 heteroatoms. The van der Waals surface area contributed by atoms with Crippen LogP contribution >= 0.6 is 0 Å². The Morgan fingerprint density at radius 2 is 1.95 bits per heavy atom. The van der Waals surface area contributed by atoms with Crippen LogP contribution < -0.4 is 5.14 Å². The normalized spacial score (nSPS) is 12.6. The van der Waals surface area contributed by atoms with E-state index in [-0.39, 0.29) is 13.1 Å². The molecule has 6 nitrogen and oxygen atoms in total. The van der Waals surface area contributed by atoms with E-state index in [1.807, 2.05) is 0 Å². The molecule has 0 aliphatic heterocycles. The van der Waals surface area contributed by atoms with Crippen LogP contribution in [0.1, 0.15) is 6.92 Å². The monoisotopic (exact) mass is 322 g/mol. The number of nitrogens with zero attached hydrogens (tertiary/aromatic N) is 1. The molecule has 0 aliphatic carbocycles. The average Bonchev–Trinajstić information content (AvgIpc) is 2.34. The lowest BCUT2D eigenvalue weighted by Crippen LogP contribution is -2.31. The Kier molecular flexibility index (Phi) is 5.03. The van der Waals surface area contributed by atoms with E-state index in [2.05, 4.69) is 6.58 Å². The van der Waals surface area contributed by atoms with Gasteiger partial charge in [0.25, 0.3) is 0 Å². The number of hydrogen-bond donors (Lipinski definition) is 1. The smallest absolute Gasteiger partial charge is 0.225 e. The Bertz CT molecular complexity index is 714. The summed E-state index contributed by atoms with van der Waals surface area (Å²) >= 11 is 0. The van der Waals surface area contributed by atoms with Gasteiger partial charge in [-0.15, -0.1) is 6.58 Å². The molecule has 0 fully saturated rings. The van der Waals surface area contributed by atoms with Crippen molar-refractivity contribution in [2.75, 3.05) is 13.1 Å². The van der Waals surface area contributed by atoms with E-state index in [1.165, 1.54) is 6.08 Å². The highest BCUT2D eigenvalue weighted by Crippen LogP contribution is 2.21. The van der Waals surface area contributed by atoms with Crippen molar-refractivity contribution >= 4 is 20.0 Å². The number of likely N-dealkylation sites (N-methyl/N-ethyl adjacent to an activating group) is 1. The molecule has 2 N–H and O–H groups in total. The van der Waals surface area contributed by atoms with E-state index in [0.29, 0.717) is 6.07 Å². The van der Waals surface area contributed by atoms with E-state index < -0.39 is 35.7 Å². The summed E-state index contributed by atoms with van der Waals surface area (Å²) in [7, 11) is -8.14. The lowest BCUT2D eigenvalue weighted by Gasteiger charge is -2.19. The Morgan fingerprint density at radius 1 is 1.35 bits per heavy atom. The lowest BCUT2D eigenvalue weighted by molar-refractivity contribution is 0.453. The van der Waals surface area contributed by atoms with Crippen LogP contribution in [0, 0.1) is 5.82 Å². The Hall–Kier alpha value is -1.29. The van der Waals surface area contributed by atoms with Gasteiger partial charge in [-0.2, -0.15) is 4.31 Å². The summed E-state index contributed by atoms with van der Waals surface area (Å²) < 4.78 is 61.4. The van der Waals surface area contributed by atoms with Crippen LogP contribution in [0.25, 0.3) is 0 Å². The molecular formula is C11H15FN2O4S2. The van der Waals surface area contributed by atoms with Gasteiger partial charge in [-0.3, -0.25) is 0 Å². The second-order valence-electron chi connectivity index (χ2n) is 3.88. The maximum absolute atomic E-state index is 13.9. The number of rotatable bonds is 6. The number of benzene rings is 1. The van der Waals surface area contributed by atoms with E-state index in [9.17, 15) is 21.2 Å². The lowest BCUT2D eigenvalue weighted by atomic mass is 10.3. The molecule has 20 heavy (non-hydrogen) atoms. The summed E-state index contributed by atoms with van der Waals surface area (Å²) in [6, 6.07) is 2.42. The molecular weight excluding hydrogens is 307 g/mol. The van der Waals surface area contributed by atoms with Gasteiger partial charge >= 0.3 is 0 Å². The molecule has 0 amide bonds. The van der Waals surface area contributed by atoms with Crippen molar-refractivity contribution in [1.82, 2.24) is 4.31 Å². The van der Waals surface area contributed by atoms with Crippen molar-refractivity contribution in [3.8, 4) is 0 Å². The molecule has 1 aromatic carbocycles. The van der Waals surface area contributed by atoms with Crippen molar-refractivity contribution in [3.63, 3.8) is 0 Å². The average molecular weight is 322 g/mol. The first-order valence-corrected chi connectivity index (χ1v) is 8.56. The molecule has 0 unspecified atom stereocenters. The Morgan fingerprint density at radius 3 is 2.35 bits per heavy atom. The van der Waals surface area contributed by atoms with Gasteiger partial charge in [-0.05, 0) is 18.2 Å². The molecule has 0 heterocycles. The van der Waals surface area contributed by atoms with Gasteiger partial charge in [0.1, 0.15) is 10.7 Å². The van der Waals surface area contributed by atoms with E-state index >= 15 is 0 Å². The molecule has 0 saturated carbocycles. The molecule has 0 spiro atoms. The topological polar surface area (TPSA) is 97.5 Å². The van der Waals surface area contributed by atoms with Gasteiger partial charge < -0.3 is 0 Å². The van der Waals surface area contributed by atoms with E-state index in [4.69, 9.17) is 5.14 Å². The predicted octanol–water partition coefficient (Wildman–Crippen LogP) is 0.670. The van der Waals surface area contributed by atoms with Crippen molar-refractivity contribution in [2.45, 2.75) is 16.7 Å². The predicted molar refractivity (Wildman–Crippen MR) is 72.4 cm³/mol. The maximum Gasteiger partial charge on any atom is 0.246 e. The highest BCUT2D eigenvalue weighted by molar-refractivity contribution is 7.89. The number of primary sulfonamides is 1. The maximum atomic E-state index is 13.9. The van der Waals surface area contributed by atoms with Crippen LogP contribution in [0.15, 0.2) is 40.6 Å². The fourth-order valence-electron chi connectivity index (χ4n) is 1.55. The molecule has 1 aromatic rings. The number of halogens is 1. The molecule has 1 rings (SSSR count). The molecule has 0 bridgehead atoms. The Labute approximate surface area is 117 Å². The summed E-state index contributed by atoms with van der Waals surface area (Å²) in [4.78, 5) is -1.09. The van der Waals surface area contributed by atoms with E-state index in [0.717, 1.165) is 16.4 Å². The molecule has 0 atom stereocenters. The third-order valence-electron chi connectivity index (χ3n) is 2.54.